The molecule has 0 saturated carbocycles. The van der Waals surface area contributed by atoms with Crippen molar-refractivity contribution in [1.29, 1.82) is 0 Å². The highest BCUT2D eigenvalue weighted by molar-refractivity contribution is 5.85. The lowest BCUT2D eigenvalue weighted by Crippen LogP contribution is -2.44. The molecule has 5 heteroatoms. The van der Waals surface area contributed by atoms with Gasteiger partial charge in [0.25, 0.3) is 0 Å². The van der Waals surface area contributed by atoms with Gasteiger partial charge in [-0.3, -0.25) is 4.79 Å². The summed E-state index contributed by atoms with van der Waals surface area (Å²) < 4.78 is 5.41. The number of carbonyl (C=O) groups excluding carboxylic acids is 1. The number of likely N-dealkylation sites (N-methyl/N-ethyl adjacent to an activating group) is 1. The molecular formula is C11H23ClN2O2. The second-order valence-electron chi connectivity index (χ2n) is 4.04. The molecule has 4 nitrogen and oxygen atoms in total. The number of rotatable bonds is 5. The number of carbonyl (C=O) groups is 1. The number of nitrogens with one attached hydrogen (secondary N) is 1. The molecule has 1 amide bonds. The second-order valence-corrected chi connectivity index (χ2v) is 4.04. The molecule has 0 bridgehead atoms. The topological polar surface area (TPSA) is 41.6 Å². The molecule has 1 aliphatic heterocycles. The van der Waals surface area contributed by atoms with Gasteiger partial charge in [0.1, 0.15) is 0 Å². The minimum atomic E-state index is 0. The Balaban J connectivity index is 0.00000225. The van der Waals surface area contributed by atoms with Gasteiger partial charge in [-0.1, -0.05) is 0 Å². The van der Waals surface area contributed by atoms with E-state index in [4.69, 9.17) is 4.74 Å². The lowest BCUT2D eigenvalue weighted by Gasteiger charge is -2.32. The zero-order valence-corrected chi connectivity index (χ0v) is 11.0. The van der Waals surface area contributed by atoms with Crippen LogP contribution in [0.1, 0.15) is 19.8 Å². The predicted molar refractivity (Wildman–Crippen MR) is 67.0 cm³/mol. The van der Waals surface area contributed by atoms with Crippen molar-refractivity contribution in [2.24, 2.45) is 5.92 Å². The van der Waals surface area contributed by atoms with Crippen LogP contribution in [0.5, 0.6) is 0 Å². The summed E-state index contributed by atoms with van der Waals surface area (Å²) in [6, 6.07) is 0. The van der Waals surface area contributed by atoms with Crippen molar-refractivity contribution in [2.45, 2.75) is 19.8 Å². The first kappa shape index (κ1) is 15.7. The average Bonchev–Trinajstić information content (AvgIpc) is 2.27. The Morgan fingerprint density at radius 1 is 1.56 bits per heavy atom. The highest BCUT2D eigenvalue weighted by Crippen LogP contribution is 2.16. The standard InChI is InChI=1S/C11H22N2O2.ClH/c1-3-15-9-10-5-4-6-13(8-10)11(14)7-12-2;/h10,12H,3-9H2,1-2H3;1H. The number of likely N-dealkylation sites (tertiary alicyclic amines) is 1. The number of piperidine rings is 1. The van der Waals surface area contributed by atoms with E-state index in [1.807, 2.05) is 11.8 Å². The Labute approximate surface area is 104 Å². The Kier molecular flexibility index (Phi) is 8.61. The first-order valence-corrected chi connectivity index (χ1v) is 5.78. The number of nitrogens with zero attached hydrogens (tertiary/aromatic N) is 1. The van der Waals surface area contributed by atoms with Gasteiger partial charge in [0.15, 0.2) is 0 Å². The minimum Gasteiger partial charge on any atom is -0.381 e. The maximum atomic E-state index is 11.6. The molecule has 1 aliphatic rings. The molecule has 1 heterocycles. The Morgan fingerprint density at radius 2 is 2.31 bits per heavy atom. The van der Waals surface area contributed by atoms with E-state index in [2.05, 4.69) is 5.32 Å². The van der Waals surface area contributed by atoms with Crippen LogP contribution in [-0.4, -0.2) is 50.7 Å². The number of halogens is 1. The first-order valence-electron chi connectivity index (χ1n) is 5.78. The summed E-state index contributed by atoms with van der Waals surface area (Å²) in [5.41, 5.74) is 0. The summed E-state index contributed by atoms with van der Waals surface area (Å²) in [6.45, 7) is 5.78. The normalized spacial score (nSPS) is 20.4. The van der Waals surface area contributed by atoms with Crippen LogP contribution in [0.2, 0.25) is 0 Å². The van der Waals surface area contributed by atoms with E-state index in [1.54, 1.807) is 7.05 Å². The molecule has 1 fully saturated rings. The zero-order valence-electron chi connectivity index (χ0n) is 10.2. The van der Waals surface area contributed by atoms with Gasteiger partial charge in [-0.25, -0.2) is 0 Å². The van der Waals surface area contributed by atoms with Crippen LogP contribution < -0.4 is 5.32 Å². The molecule has 1 N–H and O–H groups in total. The molecule has 96 valence electrons. The largest absolute Gasteiger partial charge is 0.381 e. The molecule has 1 rings (SSSR count). The third-order valence-corrected chi connectivity index (χ3v) is 2.76. The summed E-state index contributed by atoms with van der Waals surface area (Å²) in [5, 5.41) is 2.90. The van der Waals surface area contributed by atoms with Crippen LogP contribution >= 0.6 is 12.4 Å². The molecule has 1 atom stereocenters. The lowest BCUT2D eigenvalue weighted by atomic mass is 9.99. The van der Waals surface area contributed by atoms with Crippen molar-refractivity contribution in [2.75, 3.05) is 39.9 Å². The van der Waals surface area contributed by atoms with Crippen molar-refractivity contribution in [3.05, 3.63) is 0 Å². The summed E-state index contributed by atoms with van der Waals surface area (Å²) in [7, 11) is 1.81. The summed E-state index contributed by atoms with van der Waals surface area (Å²) in [5.74, 6) is 0.734. The summed E-state index contributed by atoms with van der Waals surface area (Å²) in [4.78, 5) is 13.6. The molecule has 0 aromatic carbocycles. The maximum Gasteiger partial charge on any atom is 0.236 e. The van der Waals surface area contributed by atoms with Gasteiger partial charge in [0.2, 0.25) is 5.91 Å². The van der Waals surface area contributed by atoms with E-state index < -0.39 is 0 Å². The van der Waals surface area contributed by atoms with Gasteiger partial charge in [0, 0.05) is 19.7 Å². The van der Waals surface area contributed by atoms with Crippen LogP contribution in [-0.2, 0) is 9.53 Å². The summed E-state index contributed by atoms with van der Waals surface area (Å²) >= 11 is 0. The fraction of sp³-hybridized carbons (Fsp3) is 0.909. The fourth-order valence-electron chi connectivity index (χ4n) is 1.98. The molecule has 0 aromatic rings. The highest BCUT2D eigenvalue weighted by Gasteiger charge is 2.22. The Hall–Kier alpha value is -0.320. The van der Waals surface area contributed by atoms with E-state index in [0.717, 1.165) is 32.7 Å². The van der Waals surface area contributed by atoms with Gasteiger partial charge >= 0.3 is 0 Å². The van der Waals surface area contributed by atoms with Crippen LogP contribution in [0.3, 0.4) is 0 Å². The van der Waals surface area contributed by atoms with Crippen molar-refractivity contribution in [3.8, 4) is 0 Å². The number of ether oxygens (including phenoxy) is 1. The van der Waals surface area contributed by atoms with Gasteiger partial charge in [-0.05, 0) is 32.7 Å². The predicted octanol–water partition coefficient (Wildman–Crippen LogP) is 0.903. The molecule has 16 heavy (non-hydrogen) atoms. The monoisotopic (exact) mass is 250 g/mol. The molecule has 0 aliphatic carbocycles. The zero-order chi connectivity index (χ0) is 11.1. The molecule has 1 unspecified atom stereocenters. The van der Waals surface area contributed by atoms with Gasteiger partial charge < -0.3 is 15.0 Å². The van der Waals surface area contributed by atoms with E-state index in [9.17, 15) is 4.79 Å². The van der Waals surface area contributed by atoms with Crippen LogP contribution in [0.25, 0.3) is 0 Å². The highest BCUT2D eigenvalue weighted by atomic mass is 35.5. The van der Waals surface area contributed by atoms with Crippen molar-refractivity contribution >= 4 is 18.3 Å². The molecular weight excluding hydrogens is 228 g/mol. The number of hydrogen-bond acceptors (Lipinski definition) is 3. The Morgan fingerprint density at radius 3 is 2.94 bits per heavy atom. The summed E-state index contributed by atoms with van der Waals surface area (Å²) in [6.07, 6.45) is 2.29. The molecule has 0 aromatic heterocycles. The third-order valence-electron chi connectivity index (χ3n) is 2.76. The van der Waals surface area contributed by atoms with Crippen LogP contribution in [0.4, 0.5) is 0 Å². The molecule has 0 radical (unpaired) electrons. The van der Waals surface area contributed by atoms with Gasteiger partial charge in [-0.2, -0.15) is 0 Å². The van der Waals surface area contributed by atoms with Crippen LogP contribution in [0.15, 0.2) is 0 Å². The smallest absolute Gasteiger partial charge is 0.236 e. The van der Waals surface area contributed by atoms with Gasteiger partial charge in [-0.15, -0.1) is 12.4 Å². The average molecular weight is 251 g/mol. The molecule has 1 saturated heterocycles. The minimum absolute atomic E-state index is 0. The first-order chi connectivity index (χ1) is 7.27. The number of amides is 1. The second kappa shape index (κ2) is 8.79. The van der Waals surface area contributed by atoms with Crippen molar-refractivity contribution in [1.82, 2.24) is 10.2 Å². The van der Waals surface area contributed by atoms with Crippen molar-refractivity contribution in [3.63, 3.8) is 0 Å². The quantitative estimate of drug-likeness (QED) is 0.789. The SMILES string of the molecule is CCOCC1CCCN(C(=O)CNC)C1.Cl. The maximum absolute atomic E-state index is 11.6. The van der Waals surface area contributed by atoms with Crippen LogP contribution in [0, 0.1) is 5.92 Å². The Bertz CT molecular complexity index is 202. The van der Waals surface area contributed by atoms with Crippen molar-refractivity contribution < 1.29 is 9.53 Å². The van der Waals surface area contributed by atoms with Gasteiger partial charge in [0.05, 0.1) is 13.2 Å². The fourth-order valence-corrected chi connectivity index (χ4v) is 1.98. The lowest BCUT2D eigenvalue weighted by molar-refractivity contribution is -0.132. The molecule has 0 spiro atoms. The third kappa shape index (κ3) is 5.14. The van der Waals surface area contributed by atoms with E-state index in [1.165, 1.54) is 6.42 Å². The number of hydrogen-bond donors (Lipinski definition) is 1. The van der Waals surface area contributed by atoms with E-state index >= 15 is 0 Å². The van der Waals surface area contributed by atoms with E-state index in [-0.39, 0.29) is 18.3 Å². The van der Waals surface area contributed by atoms with E-state index in [0.29, 0.717) is 12.5 Å².